The first-order valence-corrected chi connectivity index (χ1v) is 7.66. The Bertz CT molecular complexity index is 578. The molecule has 0 amide bonds. The number of aromatic nitrogens is 1. The van der Waals surface area contributed by atoms with Crippen molar-refractivity contribution in [3.05, 3.63) is 45.1 Å². The SMILES string of the molecule is Nc1ncc(CN(CCO)Cc2cc(Br)ccc2F)s1. The third-order valence-electron chi connectivity index (χ3n) is 2.77. The number of aliphatic hydroxyl groups is 1. The van der Waals surface area contributed by atoms with Gasteiger partial charge >= 0.3 is 0 Å². The zero-order valence-electron chi connectivity index (χ0n) is 10.7. The number of benzene rings is 1. The molecule has 0 aliphatic heterocycles. The molecule has 108 valence electrons. The summed E-state index contributed by atoms with van der Waals surface area (Å²) in [5.41, 5.74) is 6.19. The van der Waals surface area contributed by atoms with Crippen molar-refractivity contribution in [2.45, 2.75) is 13.1 Å². The molecule has 0 aliphatic rings. The third-order valence-corrected chi connectivity index (χ3v) is 4.07. The van der Waals surface area contributed by atoms with Crippen LogP contribution < -0.4 is 5.73 Å². The van der Waals surface area contributed by atoms with E-state index in [2.05, 4.69) is 20.9 Å². The number of hydrogen-bond donors (Lipinski definition) is 2. The normalized spacial score (nSPS) is 11.2. The number of nitrogens with zero attached hydrogens (tertiary/aromatic N) is 2. The van der Waals surface area contributed by atoms with Gasteiger partial charge in [0.05, 0.1) is 6.61 Å². The fourth-order valence-corrected chi connectivity index (χ4v) is 3.01. The molecule has 0 saturated carbocycles. The smallest absolute Gasteiger partial charge is 0.180 e. The number of thiazole rings is 1. The van der Waals surface area contributed by atoms with E-state index in [0.717, 1.165) is 9.35 Å². The summed E-state index contributed by atoms with van der Waals surface area (Å²) in [6, 6.07) is 4.85. The summed E-state index contributed by atoms with van der Waals surface area (Å²) in [6.07, 6.45) is 1.71. The van der Waals surface area contributed by atoms with Crippen LogP contribution in [-0.2, 0) is 13.1 Å². The zero-order valence-corrected chi connectivity index (χ0v) is 13.1. The highest BCUT2D eigenvalue weighted by atomic mass is 79.9. The molecular weight excluding hydrogens is 345 g/mol. The standard InChI is InChI=1S/C13H15BrFN3OS/c14-10-1-2-12(15)9(5-10)7-18(3-4-19)8-11-6-17-13(16)20-11/h1-2,5-6,19H,3-4,7-8H2,(H2,16,17). The molecule has 7 heteroatoms. The summed E-state index contributed by atoms with van der Waals surface area (Å²) in [5.74, 6) is -0.250. The van der Waals surface area contributed by atoms with E-state index >= 15 is 0 Å². The van der Waals surface area contributed by atoms with Crippen LogP contribution in [0.25, 0.3) is 0 Å². The lowest BCUT2D eigenvalue weighted by atomic mass is 10.2. The molecule has 2 rings (SSSR count). The molecule has 0 bridgehead atoms. The maximum absolute atomic E-state index is 13.8. The van der Waals surface area contributed by atoms with Crippen LogP contribution in [-0.4, -0.2) is 28.1 Å². The van der Waals surface area contributed by atoms with Crippen LogP contribution in [0.3, 0.4) is 0 Å². The Hall–Kier alpha value is -1.02. The van der Waals surface area contributed by atoms with Crippen molar-refractivity contribution in [2.24, 2.45) is 0 Å². The van der Waals surface area contributed by atoms with E-state index in [-0.39, 0.29) is 12.4 Å². The first kappa shape index (κ1) is 15.4. The number of hydrogen-bond acceptors (Lipinski definition) is 5. The van der Waals surface area contributed by atoms with Crippen molar-refractivity contribution in [2.75, 3.05) is 18.9 Å². The van der Waals surface area contributed by atoms with Gasteiger partial charge in [0.15, 0.2) is 5.13 Å². The summed E-state index contributed by atoms with van der Waals surface area (Å²) in [6.45, 7) is 1.48. The number of nitrogens with two attached hydrogens (primary N) is 1. The maximum Gasteiger partial charge on any atom is 0.180 e. The molecule has 1 heterocycles. The first-order chi connectivity index (χ1) is 9.58. The predicted molar refractivity (Wildman–Crippen MR) is 81.8 cm³/mol. The van der Waals surface area contributed by atoms with E-state index in [1.807, 2.05) is 4.90 Å². The van der Waals surface area contributed by atoms with Crippen molar-refractivity contribution in [1.29, 1.82) is 0 Å². The van der Waals surface area contributed by atoms with E-state index in [1.165, 1.54) is 17.4 Å². The molecule has 0 unspecified atom stereocenters. The minimum atomic E-state index is -0.250. The van der Waals surface area contributed by atoms with Gasteiger partial charge < -0.3 is 10.8 Å². The van der Waals surface area contributed by atoms with Crippen molar-refractivity contribution in [1.82, 2.24) is 9.88 Å². The van der Waals surface area contributed by atoms with Gasteiger partial charge in [-0.25, -0.2) is 9.37 Å². The van der Waals surface area contributed by atoms with Gasteiger partial charge in [0.25, 0.3) is 0 Å². The highest BCUT2D eigenvalue weighted by molar-refractivity contribution is 9.10. The molecule has 1 aromatic heterocycles. The molecule has 3 N–H and O–H groups in total. The second-order valence-corrected chi connectivity index (χ2v) is 6.40. The van der Waals surface area contributed by atoms with Gasteiger partial charge in [-0.1, -0.05) is 15.9 Å². The Balaban J connectivity index is 2.10. The molecular formula is C13H15BrFN3OS. The summed E-state index contributed by atoms with van der Waals surface area (Å²) in [4.78, 5) is 6.94. The molecule has 1 aromatic carbocycles. The molecule has 0 atom stereocenters. The Morgan fingerprint density at radius 3 is 2.85 bits per heavy atom. The largest absolute Gasteiger partial charge is 0.395 e. The minimum Gasteiger partial charge on any atom is -0.395 e. The molecule has 4 nitrogen and oxygen atoms in total. The molecule has 0 saturated heterocycles. The van der Waals surface area contributed by atoms with Gasteiger partial charge in [-0.3, -0.25) is 4.90 Å². The molecule has 0 radical (unpaired) electrons. The van der Waals surface area contributed by atoms with Gasteiger partial charge in [-0.2, -0.15) is 0 Å². The topological polar surface area (TPSA) is 62.4 Å². The molecule has 20 heavy (non-hydrogen) atoms. The van der Waals surface area contributed by atoms with Gasteiger partial charge in [0.2, 0.25) is 0 Å². The number of anilines is 1. The lowest BCUT2D eigenvalue weighted by Gasteiger charge is -2.20. The third kappa shape index (κ3) is 4.24. The number of rotatable bonds is 6. The maximum atomic E-state index is 13.8. The second-order valence-electron chi connectivity index (χ2n) is 4.33. The van der Waals surface area contributed by atoms with Crippen LogP contribution in [0.15, 0.2) is 28.9 Å². The second kappa shape index (κ2) is 7.12. The highest BCUT2D eigenvalue weighted by Crippen LogP contribution is 2.20. The van der Waals surface area contributed by atoms with Crippen LogP contribution in [0.1, 0.15) is 10.4 Å². The Labute approximate surface area is 129 Å². The van der Waals surface area contributed by atoms with Crippen LogP contribution in [0, 0.1) is 5.82 Å². The van der Waals surface area contributed by atoms with Crippen LogP contribution in [0.2, 0.25) is 0 Å². The van der Waals surface area contributed by atoms with Gasteiger partial charge in [-0.15, -0.1) is 11.3 Å². The fourth-order valence-electron chi connectivity index (χ4n) is 1.88. The average Bonchev–Trinajstić information content (AvgIpc) is 2.79. The number of aliphatic hydroxyl groups excluding tert-OH is 1. The van der Waals surface area contributed by atoms with E-state index < -0.39 is 0 Å². The van der Waals surface area contributed by atoms with Crippen molar-refractivity contribution < 1.29 is 9.50 Å². The molecule has 2 aromatic rings. The number of halogens is 2. The monoisotopic (exact) mass is 359 g/mol. The van der Waals surface area contributed by atoms with Crippen molar-refractivity contribution >= 4 is 32.4 Å². The Kier molecular flexibility index (Phi) is 5.47. The highest BCUT2D eigenvalue weighted by Gasteiger charge is 2.12. The molecule has 0 aliphatic carbocycles. The van der Waals surface area contributed by atoms with Crippen molar-refractivity contribution in [3.8, 4) is 0 Å². The van der Waals surface area contributed by atoms with E-state index in [9.17, 15) is 4.39 Å². The Morgan fingerprint density at radius 1 is 1.40 bits per heavy atom. The Morgan fingerprint density at radius 2 is 2.20 bits per heavy atom. The lowest BCUT2D eigenvalue weighted by Crippen LogP contribution is -2.26. The zero-order chi connectivity index (χ0) is 14.5. The van der Waals surface area contributed by atoms with Crippen LogP contribution >= 0.6 is 27.3 Å². The van der Waals surface area contributed by atoms with Gasteiger partial charge in [0.1, 0.15) is 5.82 Å². The number of nitrogen functional groups attached to an aromatic ring is 1. The van der Waals surface area contributed by atoms with Crippen molar-refractivity contribution in [3.63, 3.8) is 0 Å². The minimum absolute atomic E-state index is 0.0178. The first-order valence-electron chi connectivity index (χ1n) is 6.06. The van der Waals surface area contributed by atoms with E-state index in [4.69, 9.17) is 10.8 Å². The summed E-state index contributed by atoms with van der Waals surface area (Å²) in [7, 11) is 0. The van der Waals surface area contributed by atoms with E-state index in [1.54, 1.807) is 18.3 Å². The van der Waals surface area contributed by atoms with Gasteiger partial charge in [0, 0.05) is 40.7 Å². The summed E-state index contributed by atoms with van der Waals surface area (Å²) in [5, 5.41) is 9.65. The summed E-state index contributed by atoms with van der Waals surface area (Å²) < 4.78 is 14.6. The van der Waals surface area contributed by atoms with E-state index in [0.29, 0.717) is 30.3 Å². The molecule has 0 fully saturated rings. The summed E-state index contributed by atoms with van der Waals surface area (Å²) >= 11 is 4.74. The van der Waals surface area contributed by atoms with Gasteiger partial charge in [-0.05, 0) is 18.2 Å². The molecule has 0 spiro atoms. The predicted octanol–water partition coefficient (Wildman–Crippen LogP) is 2.62. The quantitative estimate of drug-likeness (QED) is 0.832. The van der Waals surface area contributed by atoms with Crippen LogP contribution in [0.4, 0.5) is 9.52 Å². The fraction of sp³-hybridized carbons (Fsp3) is 0.308. The lowest BCUT2D eigenvalue weighted by molar-refractivity contribution is 0.184. The van der Waals surface area contributed by atoms with Crippen LogP contribution in [0.5, 0.6) is 0 Å². The average molecular weight is 360 g/mol.